The van der Waals surface area contributed by atoms with Gasteiger partial charge in [-0.2, -0.15) is 0 Å². The van der Waals surface area contributed by atoms with Gasteiger partial charge in [0.15, 0.2) is 5.96 Å². The zero-order valence-electron chi connectivity index (χ0n) is 16.4. The van der Waals surface area contributed by atoms with Gasteiger partial charge in [-0.05, 0) is 37.5 Å². The highest BCUT2D eigenvalue weighted by molar-refractivity contribution is 5.80. The first-order valence-corrected chi connectivity index (χ1v) is 9.82. The standard InChI is InChI=1S/C21H30N4O2/c1-3-27-20(26)18-9-13-25(14-10-18)21(22-2)23-16-17-7-6-8-19(15-17)24-11-4-5-12-24/h4-8,15,18H,3,9-14,16H2,1-2H3,(H,22,23). The summed E-state index contributed by atoms with van der Waals surface area (Å²) in [5, 5.41) is 3.47. The van der Waals surface area contributed by atoms with E-state index in [1.54, 1.807) is 0 Å². The van der Waals surface area contributed by atoms with Crippen LogP contribution in [0.25, 0.3) is 0 Å². The van der Waals surface area contributed by atoms with Crippen molar-refractivity contribution in [2.45, 2.75) is 26.3 Å². The normalized spacial score (nSPS) is 18.1. The van der Waals surface area contributed by atoms with Crippen LogP contribution in [0, 0.1) is 5.92 Å². The second-order valence-electron chi connectivity index (χ2n) is 6.96. The Morgan fingerprint density at radius 2 is 2.00 bits per heavy atom. The number of nitrogens with one attached hydrogen (secondary N) is 1. The molecule has 0 radical (unpaired) electrons. The molecule has 0 bridgehead atoms. The Morgan fingerprint density at radius 3 is 2.67 bits per heavy atom. The second-order valence-corrected chi connectivity index (χ2v) is 6.96. The van der Waals surface area contributed by atoms with Crippen LogP contribution in [0.5, 0.6) is 0 Å². The topological polar surface area (TPSA) is 57.2 Å². The molecule has 6 heteroatoms. The highest BCUT2D eigenvalue weighted by atomic mass is 16.5. The predicted molar refractivity (Wildman–Crippen MR) is 109 cm³/mol. The number of hydrogen-bond donors (Lipinski definition) is 1. The van der Waals surface area contributed by atoms with Crippen LogP contribution in [0.3, 0.4) is 0 Å². The SMILES string of the molecule is CCOC(=O)C1CCN(C(=NC)NCc2cccc(N3CC=CC3)c2)CC1. The number of piperidine rings is 1. The largest absolute Gasteiger partial charge is 0.466 e. The van der Waals surface area contributed by atoms with E-state index in [-0.39, 0.29) is 11.9 Å². The Kier molecular flexibility index (Phi) is 6.74. The van der Waals surface area contributed by atoms with Crippen LogP contribution in [0.1, 0.15) is 25.3 Å². The van der Waals surface area contributed by atoms with E-state index in [0.717, 1.165) is 51.5 Å². The van der Waals surface area contributed by atoms with E-state index in [2.05, 4.69) is 56.5 Å². The average Bonchev–Trinajstić information content (AvgIpc) is 3.24. The molecule has 0 spiro atoms. The van der Waals surface area contributed by atoms with E-state index >= 15 is 0 Å². The number of carbonyl (C=O) groups excluding carboxylic acids is 1. The summed E-state index contributed by atoms with van der Waals surface area (Å²) in [5.74, 6) is 0.851. The van der Waals surface area contributed by atoms with Crippen LogP contribution in [0.15, 0.2) is 41.4 Å². The van der Waals surface area contributed by atoms with Gasteiger partial charge in [0.2, 0.25) is 0 Å². The number of likely N-dealkylation sites (tertiary alicyclic amines) is 1. The van der Waals surface area contributed by atoms with Crippen molar-refractivity contribution in [1.82, 2.24) is 10.2 Å². The van der Waals surface area contributed by atoms with Crippen molar-refractivity contribution in [3.05, 3.63) is 42.0 Å². The Hall–Kier alpha value is -2.50. The first-order chi connectivity index (χ1) is 13.2. The van der Waals surface area contributed by atoms with Gasteiger partial charge in [-0.15, -0.1) is 0 Å². The van der Waals surface area contributed by atoms with E-state index in [9.17, 15) is 4.79 Å². The van der Waals surface area contributed by atoms with E-state index in [0.29, 0.717) is 6.61 Å². The van der Waals surface area contributed by atoms with Gasteiger partial charge in [-0.25, -0.2) is 0 Å². The van der Waals surface area contributed by atoms with Gasteiger partial charge >= 0.3 is 5.97 Å². The molecule has 1 N–H and O–H groups in total. The molecule has 0 aliphatic carbocycles. The Morgan fingerprint density at radius 1 is 1.26 bits per heavy atom. The van der Waals surface area contributed by atoms with Gasteiger partial charge in [-0.1, -0.05) is 24.3 Å². The number of rotatable bonds is 5. The lowest BCUT2D eigenvalue weighted by Crippen LogP contribution is -2.46. The maximum absolute atomic E-state index is 11.9. The molecular weight excluding hydrogens is 340 g/mol. The molecule has 0 aromatic heterocycles. The summed E-state index contributed by atoms with van der Waals surface area (Å²) >= 11 is 0. The number of aliphatic imine (C=N–C) groups is 1. The number of nitrogens with zero attached hydrogens (tertiary/aromatic N) is 3. The van der Waals surface area contributed by atoms with Gasteiger partial charge in [0, 0.05) is 45.5 Å². The van der Waals surface area contributed by atoms with Crippen molar-refractivity contribution in [3.63, 3.8) is 0 Å². The van der Waals surface area contributed by atoms with Crippen LogP contribution in [0.4, 0.5) is 5.69 Å². The first-order valence-electron chi connectivity index (χ1n) is 9.82. The number of benzene rings is 1. The Labute approximate surface area is 161 Å². The number of guanidine groups is 1. The maximum Gasteiger partial charge on any atom is 0.309 e. The molecular formula is C21H30N4O2. The van der Waals surface area contributed by atoms with Crippen LogP contribution < -0.4 is 10.2 Å². The first kappa shape index (κ1) is 19.3. The molecule has 2 aliphatic heterocycles. The fourth-order valence-electron chi connectivity index (χ4n) is 3.65. The molecule has 0 atom stereocenters. The monoisotopic (exact) mass is 370 g/mol. The number of hydrogen-bond acceptors (Lipinski definition) is 4. The summed E-state index contributed by atoms with van der Waals surface area (Å²) in [5.41, 5.74) is 2.49. The smallest absolute Gasteiger partial charge is 0.309 e. The summed E-state index contributed by atoms with van der Waals surface area (Å²) in [6.45, 7) is 6.65. The van der Waals surface area contributed by atoms with Crippen LogP contribution in [-0.2, 0) is 16.1 Å². The molecule has 2 aliphatic rings. The van der Waals surface area contributed by atoms with Gasteiger partial charge in [0.25, 0.3) is 0 Å². The van der Waals surface area contributed by atoms with Crippen molar-refractivity contribution >= 4 is 17.6 Å². The van der Waals surface area contributed by atoms with Crippen molar-refractivity contribution in [3.8, 4) is 0 Å². The molecule has 0 unspecified atom stereocenters. The van der Waals surface area contributed by atoms with Gasteiger partial charge in [0.1, 0.15) is 0 Å². The lowest BCUT2D eigenvalue weighted by molar-refractivity contribution is -0.149. The zero-order valence-corrected chi connectivity index (χ0v) is 16.4. The zero-order chi connectivity index (χ0) is 19.1. The van der Waals surface area contributed by atoms with E-state index in [1.165, 1.54) is 11.3 Å². The number of esters is 1. The summed E-state index contributed by atoms with van der Waals surface area (Å²) in [6, 6.07) is 8.64. The molecule has 0 amide bonds. The van der Waals surface area contributed by atoms with Crippen molar-refractivity contribution < 1.29 is 9.53 Å². The highest BCUT2D eigenvalue weighted by Gasteiger charge is 2.27. The molecule has 1 saturated heterocycles. The minimum Gasteiger partial charge on any atom is -0.466 e. The predicted octanol–water partition coefficient (Wildman–Crippen LogP) is 2.41. The number of anilines is 1. The summed E-state index contributed by atoms with van der Waals surface area (Å²) in [4.78, 5) is 20.9. The molecule has 2 heterocycles. The molecule has 1 aromatic carbocycles. The van der Waals surface area contributed by atoms with Gasteiger partial charge < -0.3 is 19.9 Å². The van der Waals surface area contributed by atoms with Crippen molar-refractivity contribution in [2.75, 3.05) is 44.7 Å². The molecule has 6 nitrogen and oxygen atoms in total. The van der Waals surface area contributed by atoms with E-state index in [1.807, 2.05) is 14.0 Å². The fraction of sp³-hybridized carbons (Fsp3) is 0.524. The average molecular weight is 370 g/mol. The van der Waals surface area contributed by atoms with Crippen LogP contribution >= 0.6 is 0 Å². The van der Waals surface area contributed by atoms with Crippen LogP contribution in [0.2, 0.25) is 0 Å². The minimum absolute atomic E-state index is 0.0186. The Balaban J connectivity index is 1.51. The third kappa shape index (κ3) is 5.02. The minimum atomic E-state index is -0.0617. The molecule has 27 heavy (non-hydrogen) atoms. The molecule has 3 rings (SSSR count). The van der Waals surface area contributed by atoms with E-state index in [4.69, 9.17) is 4.74 Å². The second kappa shape index (κ2) is 9.44. The quantitative estimate of drug-likeness (QED) is 0.373. The molecule has 0 saturated carbocycles. The summed E-state index contributed by atoms with van der Waals surface area (Å²) < 4.78 is 5.15. The summed E-state index contributed by atoms with van der Waals surface area (Å²) in [7, 11) is 1.81. The fourth-order valence-corrected chi connectivity index (χ4v) is 3.65. The third-order valence-electron chi connectivity index (χ3n) is 5.17. The van der Waals surface area contributed by atoms with Crippen molar-refractivity contribution in [1.29, 1.82) is 0 Å². The molecule has 1 aromatic rings. The maximum atomic E-state index is 11.9. The van der Waals surface area contributed by atoms with E-state index < -0.39 is 0 Å². The van der Waals surface area contributed by atoms with Crippen molar-refractivity contribution in [2.24, 2.45) is 10.9 Å². The number of carbonyl (C=O) groups is 1. The Bertz CT molecular complexity index is 685. The lowest BCUT2D eigenvalue weighted by atomic mass is 9.97. The van der Waals surface area contributed by atoms with Gasteiger partial charge in [-0.3, -0.25) is 9.79 Å². The van der Waals surface area contributed by atoms with Gasteiger partial charge in [0.05, 0.1) is 12.5 Å². The number of ether oxygens (including phenoxy) is 1. The molecule has 1 fully saturated rings. The van der Waals surface area contributed by atoms with Crippen LogP contribution in [-0.4, -0.2) is 56.7 Å². The summed E-state index contributed by atoms with van der Waals surface area (Å²) in [6.07, 6.45) is 6.04. The highest BCUT2D eigenvalue weighted by Crippen LogP contribution is 2.20. The third-order valence-corrected chi connectivity index (χ3v) is 5.17. The lowest BCUT2D eigenvalue weighted by Gasteiger charge is -2.33. The molecule has 146 valence electrons.